The Hall–Kier alpha value is -1.34. The first-order chi connectivity index (χ1) is 7.46. The van der Waals surface area contributed by atoms with E-state index in [2.05, 4.69) is 27.3 Å². The van der Waals surface area contributed by atoms with E-state index in [1.807, 2.05) is 12.1 Å². The van der Waals surface area contributed by atoms with Gasteiger partial charge in [0, 0.05) is 11.0 Å². The van der Waals surface area contributed by atoms with Crippen LogP contribution < -0.4 is 5.32 Å². The second-order valence-electron chi connectivity index (χ2n) is 4.16. The van der Waals surface area contributed by atoms with Crippen LogP contribution in [0.1, 0.15) is 24.2 Å². The van der Waals surface area contributed by atoms with Gasteiger partial charge >= 0.3 is 0 Å². The molecule has 1 rings (SSSR count). The first-order valence-electron chi connectivity index (χ1n) is 4.90. The summed E-state index contributed by atoms with van der Waals surface area (Å²) in [6, 6.07) is 9.33. The molecular formula is C12H13BrN2O. The maximum atomic E-state index is 11.8. The predicted octanol–water partition coefficient (Wildman–Crippen LogP) is 2.73. The monoisotopic (exact) mass is 280 g/mol. The van der Waals surface area contributed by atoms with Crippen LogP contribution in [0.4, 0.5) is 0 Å². The molecule has 0 spiro atoms. The number of halogens is 1. The van der Waals surface area contributed by atoms with Gasteiger partial charge in [-0.1, -0.05) is 12.1 Å². The van der Waals surface area contributed by atoms with Gasteiger partial charge in [0.15, 0.2) is 0 Å². The highest BCUT2D eigenvalue weighted by Crippen LogP contribution is 2.16. The van der Waals surface area contributed by atoms with Gasteiger partial charge in [-0.15, -0.1) is 0 Å². The summed E-state index contributed by atoms with van der Waals surface area (Å²) in [5, 5.41) is 11.6. The molecular weight excluding hydrogens is 268 g/mol. The molecule has 0 bridgehead atoms. The van der Waals surface area contributed by atoms with Gasteiger partial charge in [0.2, 0.25) is 0 Å². The lowest BCUT2D eigenvalue weighted by Crippen LogP contribution is -2.33. The molecule has 84 valence electrons. The fraction of sp³-hybridized carbons (Fsp3) is 0.333. The highest BCUT2D eigenvalue weighted by atomic mass is 79.9. The molecule has 0 heterocycles. The third kappa shape index (κ3) is 3.35. The molecule has 3 nitrogen and oxygen atoms in total. The molecule has 16 heavy (non-hydrogen) atoms. The Morgan fingerprint density at radius 3 is 2.69 bits per heavy atom. The third-order valence-corrected chi connectivity index (χ3v) is 2.80. The fourth-order valence-corrected chi connectivity index (χ4v) is 1.55. The van der Waals surface area contributed by atoms with Crippen molar-refractivity contribution in [2.24, 2.45) is 5.41 Å². The maximum Gasteiger partial charge on any atom is 0.252 e. The van der Waals surface area contributed by atoms with Crippen molar-refractivity contribution in [1.82, 2.24) is 5.32 Å². The van der Waals surface area contributed by atoms with Crippen LogP contribution in [0.5, 0.6) is 0 Å². The summed E-state index contributed by atoms with van der Waals surface area (Å²) in [5.74, 6) is -0.171. The SMILES string of the molecule is CC(C)(C#N)CNC(=O)c1ccccc1Br. The number of carbonyl (C=O) groups is 1. The van der Waals surface area contributed by atoms with E-state index in [1.54, 1.807) is 26.0 Å². The summed E-state index contributed by atoms with van der Waals surface area (Å²) in [5.41, 5.74) is 0.0351. The van der Waals surface area contributed by atoms with E-state index in [9.17, 15) is 4.79 Å². The van der Waals surface area contributed by atoms with Gasteiger partial charge in [0.05, 0.1) is 17.0 Å². The lowest BCUT2D eigenvalue weighted by atomic mass is 9.96. The fourth-order valence-electron chi connectivity index (χ4n) is 1.08. The summed E-state index contributed by atoms with van der Waals surface area (Å²) in [4.78, 5) is 11.8. The van der Waals surface area contributed by atoms with Gasteiger partial charge in [-0.3, -0.25) is 4.79 Å². The second-order valence-corrected chi connectivity index (χ2v) is 5.01. The van der Waals surface area contributed by atoms with Gasteiger partial charge < -0.3 is 5.32 Å². The Balaban J connectivity index is 2.68. The molecule has 0 aromatic heterocycles. The predicted molar refractivity (Wildman–Crippen MR) is 65.9 cm³/mol. The van der Waals surface area contributed by atoms with Crippen LogP contribution in [-0.4, -0.2) is 12.5 Å². The standard InChI is InChI=1S/C12H13BrN2O/c1-12(2,7-14)8-15-11(16)9-5-3-4-6-10(9)13/h3-6H,8H2,1-2H3,(H,15,16). The molecule has 0 aliphatic rings. The highest BCUT2D eigenvalue weighted by molar-refractivity contribution is 9.10. The minimum absolute atomic E-state index is 0.171. The quantitative estimate of drug-likeness (QED) is 0.926. The van der Waals surface area contributed by atoms with Crippen molar-refractivity contribution >= 4 is 21.8 Å². The molecule has 0 saturated carbocycles. The van der Waals surface area contributed by atoms with E-state index < -0.39 is 5.41 Å². The molecule has 1 aromatic carbocycles. The van der Waals surface area contributed by atoms with Crippen LogP contribution in [0.3, 0.4) is 0 Å². The second kappa shape index (κ2) is 5.13. The van der Waals surface area contributed by atoms with Crippen LogP contribution >= 0.6 is 15.9 Å². The average molecular weight is 281 g/mol. The Kier molecular flexibility index (Phi) is 4.08. The number of nitriles is 1. The summed E-state index contributed by atoms with van der Waals surface area (Å²) < 4.78 is 0.752. The van der Waals surface area contributed by atoms with Gasteiger partial charge in [-0.2, -0.15) is 5.26 Å². The minimum atomic E-state index is -0.545. The van der Waals surface area contributed by atoms with Gasteiger partial charge in [0.25, 0.3) is 5.91 Å². The van der Waals surface area contributed by atoms with E-state index in [4.69, 9.17) is 5.26 Å². The third-order valence-electron chi connectivity index (χ3n) is 2.11. The first-order valence-corrected chi connectivity index (χ1v) is 5.69. The van der Waals surface area contributed by atoms with Gasteiger partial charge in [0.1, 0.15) is 0 Å². The molecule has 0 aliphatic carbocycles. The van der Waals surface area contributed by atoms with E-state index in [1.165, 1.54) is 0 Å². The normalized spacial score (nSPS) is 10.6. The lowest BCUT2D eigenvalue weighted by Gasteiger charge is -2.16. The molecule has 0 radical (unpaired) electrons. The zero-order valence-electron chi connectivity index (χ0n) is 9.25. The van der Waals surface area contributed by atoms with E-state index >= 15 is 0 Å². The van der Waals surface area contributed by atoms with Crippen molar-refractivity contribution in [3.05, 3.63) is 34.3 Å². The Bertz CT molecular complexity index is 435. The Morgan fingerprint density at radius 1 is 1.50 bits per heavy atom. The van der Waals surface area contributed by atoms with Crippen LogP contribution in [0.25, 0.3) is 0 Å². The number of nitrogens with zero attached hydrogens (tertiary/aromatic N) is 1. The highest BCUT2D eigenvalue weighted by Gasteiger charge is 2.18. The number of benzene rings is 1. The molecule has 0 aliphatic heterocycles. The summed E-state index contributed by atoms with van der Waals surface area (Å²) in [6.45, 7) is 3.91. The Labute approximate surface area is 104 Å². The number of amides is 1. The molecule has 1 aromatic rings. The van der Waals surface area contributed by atoms with Gasteiger partial charge in [-0.05, 0) is 41.9 Å². The van der Waals surface area contributed by atoms with Gasteiger partial charge in [-0.25, -0.2) is 0 Å². The molecule has 0 unspecified atom stereocenters. The van der Waals surface area contributed by atoms with Crippen molar-refractivity contribution in [2.45, 2.75) is 13.8 Å². The lowest BCUT2D eigenvalue weighted by molar-refractivity contribution is 0.0943. The summed E-state index contributed by atoms with van der Waals surface area (Å²) in [7, 11) is 0. The average Bonchev–Trinajstić information content (AvgIpc) is 2.27. The maximum absolute atomic E-state index is 11.8. The van der Waals surface area contributed by atoms with Crippen molar-refractivity contribution in [1.29, 1.82) is 5.26 Å². The number of hydrogen-bond acceptors (Lipinski definition) is 2. The van der Waals surface area contributed by atoms with Crippen molar-refractivity contribution in [2.75, 3.05) is 6.54 Å². The molecule has 1 amide bonds. The van der Waals surface area contributed by atoms with Crippen molar-refractivity contribution in [3.63, 3.8) is 0 Å². The molecule has 0 saturated heterocycles. The van der Waals surface area contributed by atoms with E-state index in [-0.39, 0.29) is 5.91 Å². The van der Waals surface area contributed by atoms with Crippen LogP contribution in [-0.2, 0) is 0 Å². The molecule has 0 fully saturated rings. The van der Waals surface area contributed by atoms with Crippen LogP contribution in [0, 0.1) is 16.7 Å². The molecule has 1 N–H and O–H groups in total. The summed E-state index contributed by atoms with van der Waals surface area (Å²) >= 11 is 3.31. The largest absolute Gasteiger partial charge is 0.350 e. The molecule has 0 atom stereocenters. The van der Waals surface area contributed by atoms with Crippen LogP contribution in [0.15, 0.2) is 28.7 Å². The van der Waals surface area contributed by atoms with E-state index in [0.717, 1.165) is 4.47 Å². The van der Waals surface area contributed by atoms with Crippen LogP contribution in [0.2, 0.25) is 0 Å². The van der Waals surface area contributed by atoms with Crippen molar-refractivity contribution in [3.8, 4) is 6.07 Å². The zero-order chi connectivity index (χ0) is 12.2. The number of rotatable bonds is 3. The first kappa shape index (κ1) is 12.7. The smallest absolute Gasteiger partial charge is 0.252 e. The zero-order valence-corrected chi connectivity index (χ0v) is 10.8. The van der Waals surface area contributed by atoms with E-state index in [0.29, 0.717) is 12.1 Å². The number of hydrogen-bond donors (Lipinski definition) is 1. The molecule has 4 heteroatoms. The van der Waals surface area contributed by atoms with Crippen molar-refractivity contribution < 1.29 is 4.79 Å². The summed E-state index contributed by atoms with van der Waals surface area (Å²) in [6.07, 6.45) is 0. The minimum Gasteiger partial charge on any atom is -0.350 e. The topological polar surface area (TPSA) is 52.9 Å². The number of carbonyl (C=O) groups excluding carboxylic acids is 1. The number of nitrogens with one attached hydrogen (secondary N) is 1. The Morgan fingerprint density at radius 2 is 2.12 bits per heavy atom.